The molecule has 3 unspecified atom stereocenters. The summed E-state index contributed by atoms with van der Waals surface area (Å²) in [6.45, 7) is 3.17. The number of rotatable bonds is 2. The molecule has 1 saturated heterocycles. The number of aryl methyl sites for hydroxylation is 1. The zero-order valence-corrected chi connectivity index (χ0v) is 14.4. The Hall–Kier alpha value is -2.88. The van der Waals surface area contributed by atoms with E-state index < -0.39 is 30.2 Å². The van der Waals surface area contributed by atoms with E-state index in [-0.39, 0.29) is 17.4 Å². The molecule has 10 heteroatoms. The molecule has 2 N–H and O–H groups in total. The van der Waals surface area contributed by atoms with Gasteiger partial charge in [-0.15, -0.1) is 10.2 Å². The van der Waals surface area contributed by atoms with E-state index in [1.165, 1.54) is 0 Å². The molecule has 0 saturated carbocycles. The first-order chi connectivity index (χ1) is 12.8. The van der Waals surface area contributed by atoms with Gasteiger partial charge >= 0.3 is 6.18 Å². The maximum atomic E-state index is 13.7. The summed E-state index contributed by atoms with van der Waals surface area (Å²) in [5, 5.41) is 11.5. The van der Waals surface area contributed by atoms with E-state index in [1.54, 1.807) is 44.2 Å². The number of fused-ring (bicyclic) bond motifs is 1. The van der Waals surface area contributed by atoms with E-state index in [0.717, 1.165) is 5.01 Å². The van der Waals surface area contributed by atoms with Crippen LogP contribution in [-0.2, 0) is 4.79 Å². The number of nitrogens with one attached hydrogen (secondary N) is 2. The van der Waals surface area contributed by atoms with Crippen LogP contribution in [0.15, 0.2) is 40.4 Å². The summed E-state index contributed by atoms with van der Waals surface area (Å²) in [7, 11) is 0. The van der Waals surface area contributed by atoms with Crippen LogP contribution in [0.25, 0.3) is 5.57 Å². The van der Waals surface area contributed by atoms with Crippen LogP contribution in [0.1, 0.15) is 30.2 Å². The third-order valence-electron chi connectivity index (χ3n) is 4.70. The maximum absolute atomic E-state index is 13.7. The normalized spacial score (nSPS) is 25.6. The van der Waals surface area contributed by atoms with E-state index >= 15 is 0 Å². The fourth-order valence-electron chi connectivity index (χ4n) is 3.54. The summed E-state index contributed by atoms with van der Waals surface area (Å²) < 4.78 is 46.4. The van der Waals surface area contributed by atoms with Crippen LogP contribution in [0.4, 0.5) is 13.2 Å². The minimum atomic E-state index is -4.55. The van der Waals surface area contributed by atoms with Gasteiger partial charge in [-0.05, 0) is 12.5 Å². The summed E-state index contributed by atoms with van der Waals surface area (Å²) in [4.78, 5) is 12.9. The van der Waals surface area contributed by atoms with Crippen LogP contribution in [0.2, 0.25) is 0 Å². The monoisotopic (exact) mass is 379 g/mol. The highest BCUT2D eigenvalue weighted by Crippen LogP contribution is 2.42. The van der Waals surface area contributed by atoms with Gasteiger partial charge in [0.05, 0.1) is 5.92 Å². The number of carbonyl (C=O) groups excluding carboxylic acids is 1. The quantitative estimate of drug-likeness (QED) is 0.832. The van der Waals surface area contributed by atoms with Crippen molar-refractivity contribution in [3.63, 3.8) is 0 Å². The van der Waals surface area contributed by atoms with Crippen LogP contribution in [0.5, 0.6) is 0 Å². The highest BCUT2D eigenvalue weighted by molar-refractivity contribution is 6.19. The fourth-order valence-corrected chi connectivity index (χ4v) is 3.54. The molecule has 4 rings (SSSR count). The molecule has 1 aromatic carbocycles. The average Bonchev–Trinajstić information content (AvgIpc) is 3.19. The Morgan fingerprint density at radius 2 is 1.85 bits per heavy atom. The molecule has 0 aliphatic carbocycles. The van der Waals surface area contributed by atoms with Crippen molar-refractivity contribution in [2.24, 2.45) is 0 Å². The Morgan fingerprint density at radius 3 is 2.44 bits per heavy atom. The number of alkyl halides is 3. The Labute approximate surface area is 152 Å². The summed E-state index contributed by atoms with van der Waals surface area (Å²) in [6, 6.07) is 6.40. The lowest BCUT2D eigenvalue weighted by Gasteiger charge is -2.34. The number of amides is 1. The number of carbonyl (C=O) groups is 1. The number of aromatic nitrogens is 2. The average molecular weight is 379 g/mol. The third-order valence-corrected chi connectivity index (χ3v) is 4.70. The maximum Gasteiger partial charge on any atom is 0.406 e. The molecule has 2 aliphatic rings. The van der Waals surface area contributed by atoms with Gasteiger partial charge in [0.25, 0.3) is 11.8 Å². The van der Waals surface area contributed by atoms with Gasteiger partial charge in [0.15, 0.2) is 0 Å². The molecule has 7 nitrogen and oxygen atoms in total. The first-order valence-corrected chi connectivity index (χ1v) is 8.26. The van der Waals surface area contributed by atoms with Crippen LogP contribution in [0, 0.1) is 6.92 Å². The number of allylic oxidation sites excluding steroid dienone is 1. The summed E-state index contributed by atoms with van der Waals surface area (Å²) in [6.07, 6.45) is -5.45. The second kappa shape index (κ2) is 6.08. The third kappa shape index (κ3) is 2.85. The van der Waals surface area contributed by atoms with E-state index in [2.05, 4.69) is 20.9 Å². The van der Waals surface area contributed by atoms with Crippen LogP contribution < -0.4 is 10.7 Å². The van der Waals surface area contributed by atoms with Gasteiger partial charge < -0.3 is 9.73 Å². The Bertz CT molecular complexity index is 909. The summed E-state index contributed by atoms with van der Waals surface area (Å²) in [5.74, 6) is -1.44. The standard InChI is InChI=1S/C17H16F3N5O2/c1-8-11(15-23-22-9(2)27-15)16(26)25-14(21-8)12(10-6-4-3-5-7-10)13(24-25)17(18,19)20/h3-7,12-14,21,24H,1-2H3. The highest BCUT2D eigenvalue weighted by atomic mass is 19.4. The van der Waals surface area contributed by atoms with Crippen LogP contribution in [-0.4, -0.2) is 39.5 Å². The Balaban J connectivity index is 1.77. The van der Waals surface area contributed by atoms with Crippen molar-refractivity contribution >= 4 is 11.5 Å². The van der Waals surface area contributed by atoms with Crippen molar-refractivity contribution < 1.29 is 22.4 Å². The molecule has 0 radical (unpaired) electrons. The zero-order valence-electron chi connectivity index (χ0n) is 14.4. The number of halogens is 3. The van der Waals surface area contributed by atoms with Gasteiger partial charge in [0, 0.05) is 12.6 Å². The van der Waals surface area contributed by atoms with Gasteiger partial charge in [0.1, 0.15) is 17.8 Å². The van der Waals surface area contributed by atoms with E-state index in [9.17, 15) is 18.0 Å². The highest BCUT2D eigenvalue weighted by Gasteiger charge is 2.58. The van der Waals surface area contributed by atoms with Crippen molar-refractivity contribution in [1.29, 1.82) is 0 Å². The first-order valence-electron chi connectivity index (χ1n) is 8.26. The van der Waals surface area contributed by atoms with Gasteiger partial charge in [-0.1, -0.05) is 30.3 Å². The molecule has 0 spiro atoms. The molecule has 3 heterocycles. The number of benzene rings is 1. The number of hydrogen-bond donors (Lipinski definition) is 2. The smallest absolute Gasteiger partial charge is 0.406 e. The van der Waals surface area contributed by atoms with Gasteiger partial charge in [0.2, 0.25) is 5.89 Å². The van der Waals surface area contributed by atoms with Gasteiger partial charge in [-0.3, -0.25) is 4.79 Å². The topological polar surface area (TPSA) is 83.3 Å². The molecule has 2 aromatic rings. The molecule has 142 valence electrons. The zero-order chi connectivity index (χ0) is 19.3. The molecule has 3 atom stereocenters. The van der Waals surface area contributed by atoms with Gasteiger partial charge in [-0.2, -0.15) is 13.2 Å². The predicted octanol–water partition coefficient (Wildman–Crippen LogP) is 2.10. The molecule has 1 fully saturated rings. The van der Waals surface area contributed by atoms with E-state index in [0.29, 0.717) is 11.3 Å². The SMILES string of the molecule is CC1=C(c2nnc(C)o2)C(=O)N2NC(C(F)(F)F)C(c3ccccc3)C2N1. The molecule has 1 amide bonds. The number of hydrazine groups is 1. The van der Waals surface area contributed by atoms with Crippen molar-refractivity contribution in [2.45, 2.75) is 38.1 Å². The largest absolute Gasteiger partial charge is 0.421 e. The lowest BCUT2D eigenvalue weighted by Crippen LogP contribution is -2.54. The minimum Gasteiger partial charge on any atom is -0.421 e. The second-order valence-electron chi connectivity index (χ2n) is 6.48. The first kappa shape index (κ1) is 17.5. The number of nitrogens with zero attached hydrogens (tertiary/aromatic N) is 3. The molecular formula is C17H16F3N5O2. The molecule has 27 heavy (non-hydrogen) atoms. The molecule has 1 aromatic heterocycles. The van der Waals surface area contributed by atoms with Crippen molar-refractivity contribution in [3.05, 3.63) is 53.4 Å². The molecule has 2 aliphatic heterocycles. The van der Waals surface area contributed by atoms with Gasteiger partial charge in [-0.25, -0.2) is 10.4 Å². The van der Waals surface area contributed by atoms with E-state index in [1.807, 2.05) is 0 Å². The number of hydrogen-bond acceptors (Lipinski definition) is 6. The molecular weight excluding hydrogens is 363 g/mol. The van der Waals surface area contributed by atoms with E-state index in [4.69, 9.17) is 4.42 Å². The summed E-state index contributed by atoms with van der Waals surface area (Å²) in [5.41, 5.74) is 3.24. The lowest BCUT2D eigenvalue weighted by molar-refractivity contribution is -0.161. The predicted molar refractivity (Wildman–Crippen MR) is 87.6 cm³/mol. The Kier molecular flexibility index (Phi) is 3.95. The van der Waals surface area contributed by atoms with Crippen LogP contribution >= 0.6 is 0 Å². The van der Waals surface area contributed by atoms with Crippen molar-refractivity contribution in [3.8, 4) is 0 Å². The minimum absolute atomic E-state index is 0.0329. The van der Waals surface area contributed by atoms with Crippen molar-refractivity contribution in [2.75, 3.05) is 0 Å². The van der Waals surface area contributed by atoms with Crippen molar-refractivity contribution in [1.82, 2.24) is 25.9 Å². The molecule has 0 bridgehead atoms. The second-order valence-corrected chi connectivity index (χ2v) is 6.48. The Morgan fingerprint density at radius 1 is 1.15 bits per heavy atom. The fraction of sp³-hybridized carbons (Fsp3) is 0.353. The van der Waals surface area contributed by atoms with Crippen LogP contribution in [0.3, 0.4) is 0 Å². The lowest BCUT2D eigenvalue weighted by atomic mass is 9.89. The summed E-state index contributed by atoms with van der Waals surface area (Å²) >= 11 is 0.